The van der Waals surface area contributed by atoms with Gasteiger partial charge < -0.3 is 4.90 Å². The van der Waals surface area contributed by atoms with Crippen molar-refractivity contribution in [2.24, 2.45) is 0 Å². The molecule has 0 spiro atoms. The third-order valence-corrected chi connectivity index (χ3v) is 5.12. The van der Waals surface area contributed by atoms with Crippen LogP contribution in [0.15, 0.2) is 54.6 Å². The lowest BCUT2D eigenvalue weighted by Crippen LogP contribution is -2.27. The van der Waals surface area contributed by atoms with Crippen LogP contribution in [0.25, 0.3) is 11.3 Å². The zero-order valence-corrected chi connectivity index (χ0v) is 16.4. The largest absolute Gasteiger partial charge is 0.302 e. The second-order valence-electron chi connectivity index (χ2n) is 7.08. The van der Waals surface area contributed by atoms with Crippen LogP contribution in [0.5, 0.6) is 0 Å². The summed E-state index contributed by atoms with van der Waals surface area (Å²) in [4.78, 5) is 2.32. The lowest BCUT2D eigenvalue weighted by Gasteiger charge is -2.23. The summed E-state index contributed by atoms with van der Waals surface area (Å²) in [5.74, 6) is -0.206. The molecule has 1 aliphatic heterocycles. The van der Waals surface area contributed by atoms with Crippen LogP contribution in [0.2, 0.25) is 0 Å². The molecule has 0 amide bonds. The molecule has 3 aromatic rings. The van der Waals surface area contributed by atoms with Gasteiger partial charge in [0.25, 0.3) is 0 Å². The standard InChI is InChI=1S/C22H24FN3.ClH/c1-25-15-13-21-20(16-25)22(18-9-11-19(23)12-10-18)24-26(21)14-5-8-17-6-3-2-4-7-17;/h2-4,6-7,9-12H,5,8,13-16H2,1H3;1H. The number of benzene rings is 2. The molecule has 0 radical (unpaired) electrons. The maximum atomic E-state index is 13.3. The van der Waals surface area contributed by atoms with Gasteiger partial charge in [0, 0.05) is 42.9 Å². The van der Waals surface area contributed by atoms with E-state index in [1.165, 1.54) is 29.0 Å². The van der Waals surface area contributed by atoms with Crippen LogP contribution in [0, 0.1) is 5.82 Å². The molecule has 0 saturated heterocycles. The molecule has 4 rings (SSSR count). The number of hydrogen-bond acceptors (Lipinski definition) is 2. The number of likely N-dealkylation sites (N-methyl/N-ethyl adjacent to an activating group) is 1. The Bertz CT molecular complexity index is 875. The van der Waals surface area contributed by atoms with Gasteiger partial charge in [-0.05, 0) is 49.7 Å². The van der Waals surface area contributed by atoms with Crippen molar-refractivity contribution in [2.75, 3.05) is 13.6 Å². The van der Waals surface area contributed by atoms with Gasteiger partial charge in [-0.3, -0.25) is 4.68 Å². The van der Waals surface area contributed by atoms with Crippen LogP contribution < -0.4 is 0 Å². The van der Waals surface area contributed by atoms with Crippen molar-refractivity contribution in [1.82, 2.24) is 14.7 Å². The molecule has 0 N–H and O–H groups in total. The van der Waals surface area contributed by atoms with E-state index in [0.29, 0.717) is 0 Å². The van der Waals surface area contributed by atoms with Crippen molar-refractivity contribution in [1.29, 1.82) is 0 Å². The Kier molecular flexibility index (Phi) is 6.30. The zero-order valence-electron chi connectivity index (χ0n) is 15.6. The molecule has 1 aromatic heterocycles. The number of rotatable bonds is 5. The molecule has 2 aromatic carbocycles. The van der Waals surface area contributed by atoms with Gasteiger partial charge in [0.05, 0.1) is 5.69 Å². The molecule has 5 heteroatoms. The third kappa shape index (κ3) is 4.40. The molecule has 0 aliphatic carbocycles. The van der Waals surface area contributed by atoms with E-state index < -0.39 is 0 Å². The summed E-state index contributed by atoms with van der Waals surface area (Å²) in [6, 6.07) is 17.3. The number of halogens is 2. The highest BCUT2D eigenvalue weighted by molar-refractivity contribution is 5.85. The topological polar surface area (TPSA) is 21.1 Å². The highest BCUT2D eigenvalue weighted by Crippen LogP contribution is 2.30. The van der Waals surface area contributed by atoms with Gasteiger partial charge in [-0.2, -0.15) is 5.10 Å². The summed E-state index contributed by atoms with van der Waals surface area (Å²) in [5.41, 5.74) is 6.01. The van der Waals surface area contributed by atoms with E-state index in [1.807, 2.05) is 12.1 Å². The van der Waals surface area contributed by atoms with E-state index in [0.717, 1.165) is 50.2 Å². The first-order chi connectivity index (χ1) is 12.7. The first-order valence-electron chi connectivity index (χ1n) is 9.27. The molecule has 0 bridgehead atoms. The molecule has 0 saturated carbocycles. The smallest absolute Gasteiger partial charge is 0.123 e. The van der Waals surface area contributed by atoms with Crippen molar-refractivity contribution in [3.8, 4) is 11.3 Å². The van der Waals surface area contributed by atoms with Crippen LogP contribution in [0.4, 0.5) is 4.39 Å². The highest BCUT2D eigenvalue weighted by atomic mass is 35.5. The first kappa shape index (κ1) is 19.6. The maximum absolute atomic E-state index is 13.3. The molecule has 0 atom stereocenters. The Morgan fingerprint density at radius 1 is 1.04 bits per heavy atom. The predicted octanol–water partition coefficient (Wildman–Crippen LogP) is 4.73. The molecular weight excluding hydrogens is 361 g/mol. The van der Waals surface area contributed by atoms with E-state index in [1.54, 1.807) is 0 Å². The third-order valence-electron chi connectivity index (χ3n) is 5.12. The minimum Gasteiger partial charge on any atom is -0.302 e. The quantitative estimate of drug-likeness (QED) is 0.633. The van der Waals surface area contributed by atoms with Crippen molar-refractivity contribution in [3.05, 3.63) is 77.2 Å². The van der Waals surface area contributed by atoms with Crippen LogP contribution in [0.1, 0.15) is 23.2 Å². The van der Waals surface area contributed by atoms with Gasteiger partial charge in [0.15, 0.2) is 0 Å². The molecule has 2 heterocycles. The molecule has 0 fully saturated rings. The second-order valence-corrected chi connectivity index (χ2v) is 7.08. The monoisotopic (exact) mass is 385 g/mol. The Hall–Kier alpha value is -2.17. The summed E-state index contributed by atoms with van der Waals surface area (Å²) < 4.78 is 15.5. The van der Waals surface area contributed by atoms with E-state index in [9.17, 15) is 4.39 Å². The summed E-state index contributed by atoms with van der Waals surface area (Å²) in [7, 11) is 2.14. The number of aromatic nitrogens is 2. The normalized spacial score (nSPS) is 13.9. The number of nitrogens with zero attached hydrogens (tertiary/aromatic N) is 3. The summed E-state index contributed by atoms with van der Waals surface area (Å²) in [6.45, 7) is 2.88. The summed E-state index contributed by atoms with van der Waals surface area (Å²) >= 11 is 0. The van der Waals surface area contributed by atoms with Gasteiger partial charge in [-0.15, -0.1) is 12.4 Å². The summed E-state index contributed by atoms with van der Waals surface area (Å²) in [5, 5.41) is 4.92. The van der Waals surface area contributed by atoms with Gasteiger partial charge >= 0.3 is 0 Å². The fourth-order valence-electron chi connectivity index (χ4n) is 3.73. The molecule has 0 unspecified atom stereocenters. The average Bonchev–Trinajstić information content (AvgIpc) is 3.01. The van der Waals surface area contributed by atoms with Gasteiger partial charge in [0.2, 0.25) is 0 Å². The van der Waals surface area contributed by atoms with Gasteiger partial charge in [-0.25, -0.2) is 4.39 Å². The Morgan fingerprint density at radius 2 is 1.78 bits per heavy atom. The number of fused-ring (bicyclic) bond motifs is 1. The Morgan fingerprint density at radius 3 is 2.52 bits per heavy atom. The van der Waals surface area contributed by atoms with Crippen molar-refractivity contribution >= 4 is 12.4 Å². The van der Waals surface area contributed by atoms with E-state index in [2.05, 4.69) is 47.0 Å². The fraction of sp³-hybridized carbons (Fsp3) is 0.318. The maximum Gasteiger partial charge on any atom is 0.123 e. The molecule has 3 nitrogen and oxygen atoms in total. The second kappa shape index (κ2) is 8.68. The fourth-order valence-corrected chi connectivity index (χ4v) is 3.73. The number of hydrogen-bond donors (Lipinski definition) is 0. The van der Waals surface area contributed by atoms with Crippen molar-refractivity contribution in [3.63, 3.8) is 0 Å². The molecule has 1 aliphatic rings. The van der Waals surface area contributed by atoms with E-state index in [-0.39, 0.29) is 18.2 Å². The molecular formula is C22H25ClFN3. The first-order valence-corrected chi connectivity index (χ1v) is 9.27. The lowest BCUT2D eigenvalue weighted by molar-refractivity contribution is 0.307. The summed E-state index contributed by atoms with van der Waals surface area (Å²) in [6.07, 6.45) is 3.14. The minimum absolute atomic E-state index is 0. The SMILES string of the molecule is CN1CCc2c(c(-c3ccc(F)cc3)nn2CCCc2ccccc2)C1.Cl. The number of aryl methyl sites for hydroxylation is 2. The van der Waals surface area contributed by atoms with E-state index in [4.69, 9.17) is 5.10 Å². The van der Waals surface area contributed by atoms with Gasteiger partial charge in [0.1, 0.15) is 5.82 Å². The van der Waals surface area contributed by atoms with Crippen LogP contribution in [-0.4, -0.2) is 28.3 Å². The van der Waals surface area contributed by atoms with Crippen LogP contribution in [-0.2, 0) is 25.9 Å². The van der Waals surface area contributed by atoms with Crippen molar-refractivity contribution < 1.29 is 4.39 Å². The molecule has 142 valence electrons. The van der Waals surface area contributed by atoms with Crippen molar-refractivity contribution in [2.45, 2.75) is 32.4 Å². The predicted molar refractivity (Wildman–Crippen MR) is 110 cm³/mol. The lowest BCUT2D eigenvalue weighted by atomic mass is 10.0. The average molecular weight is 386 g/mol. The Balaban J connectivity index is 0.00000210. The van der Waals surface area contributed by atoms with Crippen LogP contribution >= 0.6 is 12.4 Å². The Labute approximate surface area is 166 Å². The van der Waals surface area contributed by atoms with Crippen LogP contribution in [0.3, 0.4) is 0 Å². The zero-order chi connectivity index (χ0) is 17.9. The van der Waals surface area contributed by atoms with E-state index >= 15 is 0 Å². The van der Waals surface area contributed by atoms with Gasteiger partial charge in [-0.1, -0.05) is 30.3 Å². The molecule has 27 heavy (non-hydrogen) atoms. The minimum atomic E-state index is -0.206. The highest BCUT2D eigenvalue weighted by Gasteiger charge is 2.23.